The Hall–Kier alpha value is -0.710. The van der Waals surface area contributed by atoms with Gasteiger partial charge in [-0.25, -0.2) is 4.98 Å². The molecule has 2 aromatic rings. The monoisotopic (exact) mass is 254 g/mol. The van der Waals surface area contributed by atoms with Gasteiger partial charge in [0.25, 0.3) is 0 Å². The summed E-state index contributed by atoms with van der Waals surface area (Å²) >= 11 is 7.47. The van der Waals surface area contributed by atoms with E-state index in [4.69, 9.17) is 16.7 Å². The van der Waals surface area contributed by atoms with Gasteiger partial charge >= 0.3 is 0 Å². The molecule has 1 N–H and O–H groups in total. The maximum Gasteiger partial charge on any atom is 0.149 e. The Kier molecular flexibility index (Phi) is 2.58. The molecule has 0 atom stereocenters. The maximum absolute atomic E-state index is 8.99. The molecule has 16 heavy (non-hydrogen) atoms. The molecule has 0 spiro atoms. The fraction of sp³-hybridized carbons (Fsp3) is 0.455. The molecule has 3 nitrogen and oxygen atoms in total. The van der Waals surface area contributed by atoms with Crippen molar-refractivity contribution in [2.75, 3.05) is 6.61 Å². The topological polar surface area (TPSA) is 46.0 Å². The fourth-order valence-corrected chi connectivity index (χ4v) is 3.43. The van der Waals surface area contributed by atoms with Crippen LogP contribution in [0.25, 0.3) is 10.3 Å². The highest BCUT2D eigenvalue weighted by atomic mass is 35.5. The number of halogens is 1. The van der Waals surface area contributed by atoms with Crippen LogP contribution >= 0.6 is 22.9 Å². The molecule has 1 aliphatic rings. The van der Waals surface area contributed by atoms with E-state index in [0.29, 0.717) is 23.6 Å². The van der Waals surface area contributed by atoms with Crippen molar-refractivity contribution in [3.05, 3.63) is 22.3 Å². The van der Waals surface area contributed by atoms with Crippen LogP contribution in [0.3, 0.4) is 0 Å². The van der Waals surface area contributed by atoms with Gasteiger partial charge in [-0.05, 0) is 30.7 Å². The number of nitrogens with zero attached hydrogens (tertiary/aromatic N) is 2. The molecule has 2 aromatic heterocycles. The highest BCUT2D eigenvalue weighted by Crippen LogP contribution is 2.44. The molecule has 0 aromatic carbocycles. The first-order valence-electron chi connectivity index (χ1n) is 5.29. The van der Waals surface area contributed by atoms with Crippen molar-refractivity contribution in [2.45, 2.75) is 18.8 Å². The SMILES string of the molecule is OCC1CC(c2cc3ncc(Cl)nc3s2)C1. The van der Waals surface area contributed by atoms with Crippen LogP contribution in [-0.2, 0) is 0 Å². The largest absolute Gasteiger partial charge is 0.396 e. The van der Waals surface area contributed by atoms with E-state index in [-0.39, 0.29) is 0 Å². The first-order chi connectivity index (χ1) is 7.76. The van der Waals surface area contributed by atoms with Crippen LogP contribution in [0, 0.1) is 5.92 Å². The Morgan fingerprint density at radius 2 is 2.31 bits per heavy atom. The Bertz CT molecular complexity index is 522. The van der Waals surface area contributed by atoms with Gasteiger partial charge in [-0.1, -0.05) is 11.6 Å². The van der Waals surface area contributed by atoms with Crippen LogP contribution in [0.2, 0.25) is 5.15 Å². The van der Waals surface area contributed by atoms with E-state index in [1.165, 1.54) is 4.88 Å². The average Bonchev–Trinajstić information content (AvgIpc) is 2.58. The number of fused-ring (bicyclic) bond motifs is 1. The predicted molar refractivity (Wildman–Crippen MR) is 65.0 cm³/mol. The van der Waals surface area contributed by atoms with Crippen molar-refractivity contribution < 1.29 is 5.11 Å². The molecule has 0 bridgehead atoms. The standard InChI is InChI=1S/C11H11ClN2OS/c12-10-4-13-8-3-9(16-11(8)14-10)7-1-6(2-7)5-15/h3-4,6-7,15H,1-2,5H2. The molecular weight excluding hydrogens is 244 g/mol. The fourth-order valence-electron chi connectivity index (χ4n) is 2.13. The van der Waals surface area contributed by atoms with E-state index < -0.39 is 0 Å². The molecule has 1 saturated carbocycles. The third kappa shape index (κ3) is 1.71. The van der Waals surface area contributed by atoms with E-state index >= 15 is 0 Å². The zero-order chi connectivity index (χ0) is 11.1. The molecular formula is C11H11ClN2OS. The Morgan fingerprint density at radius 3 is 3.06 bits per heavy atom. The zero-order valence-corrected chi connectivity index (χ0v) is 10.1. The molecule has 0 saturated heterocycles. The van der Waals surface area contributed by atoms with Crippen LogP contribution in [0.15, 0.2) is 12.3 Å². The second-order valence-electron chi connectivity index (χ2n) is 4.25. The second kappa shape index (κ2) is 3.95. The number of rotatable bonds is 2. The van der Waals surface area contributed by atoms with Crippen molar-refractivity contribution in [1.29, 1.82) is 0 Å². The van der Waals surface area contributed by atoms with Crippen molar-refractivity contribution in [3.63, 3.8) is 0 Å². The van der Waals surface area contributed by atoms with E-state index in [9.17, 15) is 0 Å². The van der Waals surface area contributed by atoms with Crippen molar-refractivity contribution in [1.82, 2.24) is 9.97 Å². The van der Waals surface area contributed by atoms with E-state index in [0.717, 1.165) is 23.2 Å². The molecule has 0 unspecified atom stereocenters. The summed E-state index contributed by atoms with van der Waals surface area (Å²) in [7, 11) is 0. The van der Waals surface area contributed by atoms with E-state index in [1.54, 1.807) is 17.5 Å². The molecule has 0 aliphatic heterocycles. The Labute approximate surface area is 102 Å². The lowest BCUT2D eigenvalue weighted by molar-refractivity contribution is 0.143. The zero-order valence-electron chi connectivity index (χ0n) is 8.56. The normalized spacial score (nSPS) is 24.6. The van der Waals surface area contributed by atoms with Crippen molar-refractivity contribution in [3.8, 4) is 0 Å². The summed E-state index contributed by atoms with van der Waals surface area (Å²) in [5, 5.41) is 9.44. The Balaban J connectivity index is 1.89. The highest BCUT2D eigenvalue weighted by Gasteiger charge is 2.31. The number of aromatic nitrogens is 2. The number of aliphatic hydroxyl groups is 1. The minimum absolute atomic E-state index is 0.309. The first-order valence-corrected chi connectivity index (χ1v) is 6.48. The number of hydrogen-bond acceptors (Lipinski definition) is 4. The van der Waals surface area contributed by atoms with Gasteiger partial charge in [-0.15, -0.1) is 11.3 Å². The molecule has 84 valence electrons. The van der Waals surface area contributed by atoms with Gasteiger partial charge in [-0.3, -0.25) is 4.98 Å². The van der Waals surface area contributed by atoms with Gasteiger partial charge in [0.2, 0.25) is 0 Å². The van der Waals surface area contributed by atoms with Crippen LogP contribution in [0.5, 0.6) is 0 Å². The molecule has 3 rings (SSSR count). The molecule has 1 aliphatic carbocycles. The summed E-state index contributed by atoms with van der Waals surface area (Å²) in [6.45, 7) is 0.309. The lowest BCUT2D eigenvalue weighted by Gasteiger charge is -2.33. The van der Waals surface area contributed by atoms with Crippen LogP contribution in [0.4, 0.5) is 0 Å². The average molecular weight is 255 g/mol. The maximum atomic E-state index is 8.99. The molecule has 1 fully saturated rings. The molecule has 5 heteroatoms. The minimum atomic E-state index is 0.309. The Morgan fingerprint density at radius 1 is 1.50 bits per heavy atom. The van der Waals surface area contributed by atoms with Crippen molar-refractivity contribution in [2.24, 2.45) is 5.92 Å². The molecule has 2 heterocycles. The summed E-state index contributed by atoms with van der Waals surface area (Å²) in [5.74, 6) is 1.07. The first kappa shape index (κ1) is 10.4. The van der Waals surface area contributed by atoms with Gasteiger partial charge in [-0.2, -0.15) is 0 Å². The van der Waals surface area contributed by atoms with Gasteiger partial charge < -0.3 is 5.11 Å². The minimum Gasteiger partial charge on any atom is -0.396 e. The summed E-state index contributed by atoms with van der Waals surface area (Å²) in [4.78, 5) is 10.7. The van der Waals surface area contributed by atoms with Gasteiger partial charge in [0.15, 0.2) is 0 Å². The lowest BCUT2D eigenvalue weighted by atomic mass is 9.75. The van der Waals surface area contributed by atoms with E-state index in [2.05, 4.69) is 16.0 Å². The van der Waals surface area contributed by atoms with Crippen LogP contribution in [-0.4, -0.2) is 21.7 Å². The number of thiophene rings is 1. The summed E-state index contributed by atoms with van der Waals surface area (Å²) in [6.07, 6.45) is 3.74. The van der Waals surface area contributed by atoms with Crippen LogP contribution in [0.1, 0.15) is 23.6 Å². The van der Waals surface area contributed by atoms with E-state index in [1.807, 2.05) is 0 Å². The van der Waals surface area contributed by atoms with Crippen LogP contribution < -0.4 is 0 Å². The third-order valence-corrected chi connectivity index (χ3v) is 4.49. The van der Waals surface area contributed by atoms with Gasteiger partial charge in [0, 0.05) is 11.5 Å². The van der Waals surface area contributed by atoms with Gasteiger partial charge in [0.1, 0.15) is 15.5 Å². The molecule has 0 amide bonds. The number of aliphatic hydroxyl groups excluding tert-OH is 1. The smallest absolute Gasteiger partial charge is 0.149 e. The predicted octanol–water partition coefficient (Wildman–Crippen LogP) is 2.83. The lowest BCUT2D eigenvalue weighted by Crippen LogP contribution is -2.23. The summed E-state index contributed by atoms with van der Waals surface area (Å²) < 4.78 is 0. The van der Waals surface area contributed by atoms with Gasteiger partial charge in [0.05, 0.1) is 6.20 Å². The highest BCUT2D eigenvalue weighted by molar-refractivity contribution is 7.18. The van der Waals surface area contributed by atoms with Crippen molar-refractivity contribution >= 4 is 33.3 Å². The summed E-state index contributed by atoms with van der Waals surface area (Å²) in [5.41, 5.74) is 0.928. The second-order valence-corrected chi connectivity index (χ2v) is 5.70. The third-order valence-electron chi connectivity index (χ3n) is 3.13. The quantitative estimate of drug-likeness (QED) is 0.896. The number of hydrogen-bond donors (Lipinski definition) is 1. The summed E-state index contributed by atoms with van der Waals surface area (Å²) in [6, 6.07) is 2.10. The molecule has 0 radical (unpaired) electrons.